The van der Waals surface area contributed by atoms with Crippen LogP contribution in [0.1, 0.15) is 27.7 Å². The van der Waals surface area contributed by atoms with Crippen LogP contribution >= 0.6 is 0 Å². The summed E-state index contributed by atoms with van der Waals surface area (Å²) in [7, 11) is 0. The molecule has 0 rings (SSSR count). The topological polar surface area (TPSA) is 152 Å². The van der Waals surface area contributed by atoms with Gasteiger partial charge in [-0.2, -0.15) is 0 Å². The summed E-state index contributed by atoms with van der Waals surface area (Å²) in [5.41, 5.74) is 0. The number of carboxylic acids is 4. The van der Waals surface area contributed by atoms with Crippen LogP contribution in [-0.2, 0) is 38.7 Å². The number of carbonyl (C=O) groups is 4. The first-order valence-electron chi connectivity index (χ1n) is 3.69. The second-order valence-corrected chi connectivity index (χ2v) is 2.05. The molecule has 0 fully saturated rings. The molecular formula is C8H15O8Rh-. The van der Waals surface area contributed by atoms with E-state index in [0.717, 1.165) is 27.7 Å². The van der Waals surface area contributed by atoms with E-state index in [2.05, 4.69) is 0 Å². The Morgan fingerprint density at radius 1 is 0.706 bits per heavy atom. The van der Waals surface area contributed by atoms with E-state index in [1.54, 1.807) is 0 Å². The van der Waals surface area contributed by atoms with E-state index in [1.165, 1.54) is 0 Å². The Hall–Kier alpha value is -1.50. The summed E-state index contributed by atoms with van der Waals surface area (Å²) in [5, 5.41) is 31.1. The summed E-state index contributed by atoms with van der Waals surface area (Å²) in [5.74, 6) is -3.58. The van der Waals surface area contributed by atoms with E-state index in [4.69, 9.17) is 39.6 Å². The van der Waals surface area contributed by atoms with Gasteiger partial charge in [0.2, 0.25) is 0 Å². The fraction of sp³-hybridized carbons (Fsp3) is 0.500. The van der Waals surface area contributed by atoms with Gasteiger partial charge in [0.05, 0.1) is 0 Å². The van der Waals surface area contributed by atoms with Gasteiger partial charge in [-0.05, 0) is 6.92 Å². The van der Waals surface area contributed by atoms with Gasteiger partial charge in [-0.3, -0.25) is 14.4 Å². The normalized spacial score (nSPS) is 5.88. The molecule has 0 aliphatic rings. The number of hydrogen-bond donors (Lipinski definition) is 3. The Morgan fingerprint density at radius 3 is 0.706 bits per heavy atom. The number of hydrogen-bond acceptors (Lipinski definition) is 5. The van der Waals surface area contributed by atoms with E-state index in [9.17, 15) is 0 Å². The van der Waals surface area contributed by atoms with Gasteiger partial charge in [-0.25, -0.2) is 0 Å². The van der Waals surface area contributed by atoms with E-state index in [1.807, 2.05) is 0 Å². The van der Waals surface area contributed by atoms with Crippen LogP contribution in [0.4, 0.5) is 0 Å². The maximum absolute atomic E-state index is 9.00. The monoisotopic (exact) mass is 342 g/mol. The van der Waals surface area contributed by atoms with Crippen molar-refractivity contribution < 1.29 is 59.1 Å². The SMILES string of the molecule is CC(=O)O.CC(=O)O.CC(=O)O.CC(=O)[O-].[Rh]. The molecular weight excluding hydrogens is 327 g/mol. The minimum Gasteiger partial charge on any atom is -0.550 e. The fourth-order valence-electron chi connectivity index (χ4n) is 0. The molecule has 0 spiro atoms. The van der Waals surface area contributed by atoms with Crippen LogP contribution in [0.5, 0.6) is 0 Å². The molecule has 0 aromatic heterocycles. The fourth-order valence-corrected chi connectivity index (χ4v) is 0. The first kappa shape index (κ1) is 29.6. The predicted molar refractivity (Wildman–Crippen MR) is 50.6 cm³/mol. The zero-order valence-corrected chi connectivity index (χ0v) is 11.4. The van der Waals surface area contributed by atoms with Crippen molar-refractivity contribution in [3.8, 4) is 0 Å². The van der Waals surface area contributed by atoms with E-state index in [-0.39, 0.29) is 19.5 Å². The van der Waals surface area contributed by atoms with Crippen molar-refractivity contribution in [1.82, 2.24) is 0 Å². The molecule has 3 N–H and O–H groups in total. The van der Waals surface area contributed by atoms with Gasteiger partial charge < -0.3 is 25.2 Å². The summed E-state index contributed by atoms with van der Waals surface area (Å²) in [6.07, 6.45) is 0. The average molecular weight is 342 g/mol. The molecule has 105 valence electrons. The molecule has 0 heterocycles. The Bertz CT molecular complexity index is 162. The minimum atomic E-state index is -1.08. The molecule has 0 aliphatic heterocycles. The largest absolute Gasteiger partial charge is 0.550 e. The second kappa shape index (κ2) is 24.0. The van der Waals surface area contributed by atoms with Crippen LogP contribution in [0.25, 0.3) is 0 Å². The van der Waals surface area contributed by atoms with Crippen LogP contribution in [0.15, 0.2) is 0 Å². The zero-order valence-electron chi connectivity index (χ0n) is 9.72. The van der Waals surface area contributed by atoms with Gasteiger partial charge in [0.25, 0.3) is 17.9 Å². The summed E-state index contributed by atoms with van der Waals surface area (Å²) in [6, 6.07) is 0. The molecule has 0 bridgehead atoms. The zero-order chi connectivity index (χ0) is 14.3. The van der Waals surface area contributed by atoms with Crippen LogP contribution in [-0.4, -0.2) is 39.2 Å². The van der Waals surface area contributed by atoms with Crippen molar-refractivity contribution in [1.29, 1.82) is 0 Å². The first-order valence-corrected chi connectivity index (χ1v) is 3.69. The minimum absolute atomic E-state index is 0. The van der Waals surface area contributed by atoms with Crippen LogP contribution in [0.3, 0.4) is 0 Å². The van der Waals surface area contributed by atoms with Gasteiger partial charge in [0, 0.05) is 46.2 Å². The van der Waals surface area contributed by atoms with Gasteiger partial charge in [0.1, 0.15) is 0 Å². The third kappa shape index (κ3) is 1010. The Balaban J connectivity index is -0.0000000369. The Labute approximate surface area is 111 Å². The molecule has 17 heavy (non-hydrogen) atoms. The molecule has 0 aliphatic carbocycles. The first-order chi connectivity index (χ1) is 6.93. The summed E-state index contributed by atoms with van der Waals surface area (Å²) in [6.45, 7) is 4.22. The molecule has 0 saturated heterocycles. The van der Waals surface area contributed by atoms with Gasteiger partial charge in [-0.15, -0.1) is 0 Å². The van der Waals surface area contributed by atoms with Crippen molar-refractivity contribution in [2.24, 2.45) is 0 Å². The van der Waals surface area contributed by atoms with Gasteiger partial charge in [-0.1, -0.05) is 0 Å². The Morgan fingerprint density at radius 2 is 0.706 bits per heavy atom. The molecule has 0 unspecified atom stereocenters. The van der Waals surface area contributed by atoms with Crippen molar-refractivity contribution in [2.45, 2.75) is 27.7 Å². The average Bonchev–Trinajstić information content (AvgIpc) is 1.76. The predicted octanol–water partition coefficient (Wildman–Crippen LogP) is -0.974. The maximum Gasteiger partial charge on any atom is 0.300 e. The standard InChI is InChI=1S/4C2H4O2.Rh/c4*1-2(3)4;/h4*1H3,(H,3,4);/p-1. The molecule has 0 saturated carbocycles. The summed E-state index contributed by atoms with van der Waals surface area (Å²) >= 11 is 0. The summed E-state index contributed by atoms with van der Waals surface area (Å²) in [4.78, 5) is 35.9. The van der Waals surface area contributed by atoms with Crippen LogP contribution < -0.4 is 5.11 Å². The number of rotatable bonds is 0. The second-order valence-electron chi connectivity index (χ2n) is 2.05. The van der Waals surface area contributed by atoms with Crippen molar-refractivity contribution >= 4 is 23.9 Å². The molecule has 0 aromatic carbocycles. The number of carboxylic acid groups (broad SMARTS) is 4. The van der Waals surface area contributed by atoms with Crippen LogP contribution in [0, 0.1) is 0 Å². The quantitative estimate of drug-likeness (QED) is 0.475. The molecule has 8 nitrogen and oxygen atoms in total. The van der Waals surface area contributed by atoms with Crippen molar-refractivity contribution in [3.05, 3.63) is 0 Å². The molecule has 0 amide bonds. The third-order valence-electron chi connectivity index (χ3n) is 0. The molecule has 1 radical (unpaired) electrons. The smallest absolute Gasteiger partial charge is 0.300 e. The number of aliphatic carboxylic acids is 4. The molecule has 0 aromatic rings. The summed E-state index contributed by atoms with van der Waals surface area (Å²) < 4.78 is 0. The third-order valence-corrected chi connectivity index (χ3v) is 0. The van der Waals surface area contributed by atoms with Gasteiger partial charge in [0.15, 0.2) is 0 Å². The van der Waals surface area contributed by atoms with Crippen molar-refractivity contribution in [2.75, 3.05) is 0 Å². The van der Waals surface area contributed by atoms with E-state index >= 15 is 0 Å². The molecule has 9 heteroatoms. The Kier molecular flexibility index (Phi) is 41.7. The van der Waals surface area contributed by atoms with Gasteiger partial charge >= 0.3 is 0 Å². The maximum atomic E-state index is 9.00. The molecule has 0 atom stereocenters. The van der Waals surface area contributed by atoms with Crippen LogP contribution in [0.2, 0.25) is 0 Å². The van der Waals surface area contributed by atoms with E-state index in [0.29, 0.717) is 0 Å². The van der Waals surface area contributed by atoms with Crippen molar-refractivity contribution in [3.63, 3.8) is 0 Å². The van der Waals surface area contributed by atoms with E-state index < -0.39 is 23.9 Å². The number of carbonyl (C=O) groups excluding carboxylic acids is 1.